The summed E-state index contributed by atoms with van der Waals surface area (Å²) in [6.07, 6.45) is 2.41. The molecule has 0 aliphatic heterocycles. The minimum absolute atomic E-state index is 0.169. The smallest absolute Gasteiger partial charge is 0.323 e. The Morgan fingerprint density at radius 3 is 2.75 bits per heavy atom. The van der Waals surface area contributed by atoms with Gasteiger partial charge in [0.25, 0.3) is 0 Å². The van der Waals surface area contributed by atoms with Gasteiger partial charge >= 0.3 is 5.97 Å². The predicted octanol–water partition coefficient (Wildman–Crippen LogP) is 1.09. The van der Waals surface area contributed by atoms with Gasteiger partial charge in [0, 0.05) is 0 Å². The van der Waals surface area contributed by atoms with Gasteiger partial charge in [-0.2, -0.15) is 0 Å². The van der Waals surface area contributed by atoms with Crippen LogP contribution >= 0.6 is 0 Å². The number of carbonyl (C=O) groups is 1. The van der Waals surface area contributed by atoms with E-state index in [0.717, 1.165) is 6.42 Å². The van der Waals surface area contributed by atoms with E-state index in [1.165, 1.54) is 6.08 Å². The van der Waals surface area contributed by atoms with E-state index in [1.54, 1.807) is 0 Å². The largest absolute Gasteiger partial charge is 0.460 e. The summed E-state index contributed by atoms with van der Waals surface area (Å²) in [5.74, 6) is -0.174. The minimum atomic E-state index is -0.505. The summed E-state index contributed by atoms with van der Waals surface area (Å²) in [5, 5.41) is 0. The first-order valence-electron chi connectivity index (χ1n) is 4.16. The van der Waals surface area contributed by atoms with E-state index >= 15 is 0 Å². The molecule has 0 heterocycles. The molecule has 1 unspecified atom stereocenters. The highest BCUT2D eigenvalue weighted by Gasteiger charge is 2.19. The Hall–Kier alpha value is -0.830. The fourth-order valence-electron chi connectivity index (χ4n) is 0.724. The molecule has 2 atom stereocenters. The van der Waals surface area contributed by atoms with Gasteiger partial charge in [-0.15, -0.1) is 0 Å². The number of nitrogens with two attached hydrogens (primary N) is 1. The van der Waals surface area contributed by atoms with Crippen LogP contribution in [0.3, 0.4) is 0 Å². The molecular formula is C9H17NO2. The van der Waals surface area contributed by atoms with Crippen molar-refractivity contribution >= 4 is 5.97 Å². The van der Waals surface area contributed by atoms with Gasteiger partial charge < -0.3 is 10.5 Å². The zero-order valence-electron chi connectivity index (χ0n) is 7.75. The van der Waals surface area contributed by atoms with Crippen molar-refractivity contribution in [2.75, 3.05) is 6.61 Å². The van der Waals surface area contributed by atoms with E-state index in [1.807, 2.05) is 13.8 Å². The SMILES string of the molecule is C=CCOC(=O)[C@@H](N)C(C)CC. The molecule has 0 saturated carbocycles. The molecule has 0 rings (SSSR count). The van der Waals surface area contributed by atoms with E-state index < -0.39 is 6.04 Å². The van der Waals surface area contributed by atoms with Crippen LogP contribution < -0.4 is 5.73 Å². The maximum Gasteiger partial charge on any atom is 0.323 e. The lowest BCUT2D eigenvalue weighted by Gasteiger charge is -2.15. The third-order valence-electron chi connectivity index (χ3n) is 1.87. The van der Waals surface area contributed by atoms with Crippen molar-refractivity contribution in [3.63, 3.8) is 0 Å². The van der Waals surface area contributed by atoms with Crippen LogP contribution in [0.15, 0.2) is 12.7 Å². The summed E-state index contributed by atoms with van der Waals surface area (Å²) in [5.41, 5.74) is 5.60. The molecule has 12 heavy (non-hydrogen) atoms. The van der Waals surface area contributed by atoms with Crippen LogP contribution in [0.5, 0.6) is 0 Å². The zero-order valence-corrected chi connectivity index (χ0v) is 7.75. The van der Waals surface area contributed by atoms with Crippen molar-refractivity contribution in [3.8, 4) is 0 Å². The first-order chi connectivity index (χ1) is 5.63. The number of ether oxygens (including phenoxy) is 1. The standard InChI is InChI=1S/C9H17NO2/c1-4-6-12-9(11)8(10)7(3)5-2/h4,7-8H,1,5-6,10H2,2-3H3/t7?,8-/m0/s1. The summed E-state index contributed by atoms with van der Waals surface area (Å²) in [6, 6.07) is -0.505. The van der Waals surface area contributed by atoms with Crippen molar-refractivity contribution in [1.29, 1.82) is 0 Å². The average Bonchev–Trinajstić information content (AvgIpc) is 2.11. The first-order valence-corrected chi connectivity index (χ1v) is 4.16. The van der Waals surface area contributed by atoms with Crippen molar-refractivity contribution in [2.45, 2.75) is 26.3 Å². The quantitative estimate of drug-likeness (QED) is 0.497. The van der Waals surface area contributed by atoms with Crippen LogP contribution in [0.25, 0.3) is 0 Å². The maximum atomic E-state index is 11.1. The van der Waals surface area contributed by atoms with Gasteiger partial charge in [0.05, 0.1) is 0 Å². The highest BCUT2D eigenvalue weighted by Crippen LogP contribution is 2.06. The maximum absolute atomic E-state index is 11.1. The lowest BCUT2D eigenvalue weighted by molar-refractivity contribution is -0.145. The van der Waals surface area contributed by atoms with E-state index in [9.17, 15) is 4.79 Å². The molecule has 0 aliphatic rings. The summed E-state index contributed by atoms with van der Waals surface area (Å²) >= 11 is 0. The number of hydrogen-bond acceptors (Lipinski definition) is 3. The molecule has 0 aromatic rings. The lowest BCUT2D eigenvalue weighted by Crippen LogP contribution is -2.38. The molecule has 0 aliphatic carbocycles. The van der Waals surface area contributed by atoms with Crippen LogP contribution in [-0.4, -0.2) is 18.6 Å². The van der Waals surface area contributed by atoms with Crippen LogP contribution in [0.2, 0.25) is 0 Å². The molecule has 2 N–H and O–H groups in total. The van der Waals surface area contributed by atoms with Gasteiger partial charge in [-0.3, -0.25) is 4.79 Å². The van der Waals surface area contributed by atoms with Crippen molar-refractivity contribution in [3.05, 3.63) is 12.7 Å². The van der Waals surface area contributed by atoms with Crippen LogP contribution in [-0.2, 0) is 9.53 Å². The highest BCUT2D eigenvalue weighted by molar-refractivity contribution is 5.75. The molecule has 0 aromatic heterocycles. The molecule has 0 amide bonds. The number of hydrogen-bond donors (Lipinski definition) is 1. The van der Waals surface area contributed by atoms with Gasteiger partial charge in [0.2, 0.25) is 0 Å². The molecule has 0 fully saturated rings. The monoisotopic (exact) mass is 171 g/mol. The second-order valence-electron chi connectivity index (χ2n) is 2.83. The van der Waals surface area contributed by atoms with Crippen molar-refractivity contribution < 1.29 is 9.53 Å². The molecule has 3 heteroatoms. The van der Waals surface area contributed by atoms with Crippen LogP contribution in [0, 0.1) is 5.92 Å². The van der Waals surface area contributed by atoms with Gasteiger partial charge in [0.15, 0.2) is 0 Å². The van der Waals surface area contributed by atoms with Crippen LogP contribution in [0.1, 0.15) is 20.3 Å². The summed E-state index contributed by atoms with van der Waals surface area (Å²) in [4.78, 5) is 11.1. The minimum Gasteiger partial charge on any atom is -0.460 e. The highest BCUT2D eigenvalue weighted by atomic mass is 16.5. The first kappa shape index (κ1) is 11.2. The van der Waals surface area contributed by atoms with Crippen LogP contribution in [0.4, 0.5) is 0 Å². The molecule has 0 spiro atoms. The van der Waals surface area contributed by atoms with Gasteiger partial charge in [-0.1, -0.05) is 32.9 Å². The Morgan fingerprint density at radius 2 is 2.33 bits per heavy atom. The normalized spacial score (nSPS) is 14.9. The van der Waals surface area contributed by atoms with Gasteiger partial charge in [-0.05, 0) is 5.92 Å². The summed E-state index contributed by atoms with van der Waals surface area (Å²) in [7, 11) is 0. The number of carbonyl (C=O) groups excluding carboxylic acids is 1. The number of rotatable bonds is 5. The third kappa shape index (κ3) is 3.53. The Labute approximate surface area is 73.6 Å². The molecular weight excluding hydrogens is 154 g/mol. The van der Waals surface area contributed by atoms with Gasteiger partial charge in [0.1, 0.15) is 12.6 Å². The topological polar surface area (TPSA) is 52.3 Å². The molecule has 0 saturated heterocycles. The second kappa shape index (κ2) is 5.77. The molecule has 3 nitrogen and oxygen atoms in total. The number of esters is 1. The summed E-state index contributed by atoms with van der Waals surface area (Å²) in [6.45, 7) is 7.60. The van der Waals surface area contributed by atoms with E-state index in [2.05, 4.69) is 6.58 Å². The zero-order chi connectivity index (χ0) is 9.56. The predicted molar refractivity (Wildman–Crippen MR) is 48.6 cm³/mol. The Balaban J connectivity index is 3.83. The Kier molecular flexibility index (Phi) is 5.37. The Bertz CT molecular complexity index is 157. The fourth-order valence-corrected chi connectivity index (χ4v) is 0.724. The molecule has 0 bridgehead atoms. The third-order valence-corrected chi connectivity index (χ3v) is 1.87. The van der Waals surface area contributed by atoms with E-state index in [-0.39, 0.29) is 18.5 Å². The van der Waals surface area contributed by atoms with E-state index in [4.69, 9.17) is 10.5 Å². The Morgan fingerprint density at radius 1 is 1.75 bits per heavy atom. The fraction of sp³-hybridized carbons (Fsp3) is 0.667. The van der Waals surface area contributed by atoms with Crippen molar-refractivity contribution in [2.24, 2.45) is 11.7 Å². The van der Waals surface area contributed by atoms with E-state index in [0.29, 0.717) is 0 Å². The molecule has 0 radical (unpaired) electrons. The molecule has 0 aromatic carbocycles. The second-order valence-corrected chi connectivity index (χ2v) is 2.83. The lowest BCUT2D eigenvalue weighted by atomic mass is 10.0. The van der Waals surface area contributed by atoms with Gasteiger partial charge in [-0.25, -0.2) is 0 Å². The molecule has 70 valence electrons. The average molecular weight is 171 g/mol. The van der Waals surface area contributed by atoms with Crippen molar-refractivity contribution in [1.82, 2.24) is 0 Å². The summed E-state index contributed by atoms with van der Waals surface area (Å²) < 4.78 is 4.79.